The highest BCUT2D eigenvalue weighted by Crippen LogP contribution is 2.50. The van der Waals surface area contributed by atoms with Crippen molar-refractivity contribution in [2.75, 3.05) is 31.5 Å². The fourth-order valence-corrected chi connectivity index (χ4v) is 10.5. The number of allylic oxidation sites excluding steroid dienone is 3. The Hall–Kier alpha value is -6.47. The van der Waals surface area contributed by atoms with Gasteiger partial charge in [-0.2, -0.15) is 0 Å². The number of carbonyl (C=O) groups is 7. The number of anilines is 1. The molecule has 1 fully saturated rings. The fourth-order valence-electron chi connectivity index (χ4n) is 10.5. The van der Waals surface area contributed by atoms with Gasteiger partial charge in [0.25, 0.3) is 11.7 Å². The monoisotopic (exact) mass is 1040 g/mol. The van der Waals surface area contributed by atoms with Gasteiger partial charge in [-0.05, 0) is 55.9 Å². The lowest BCUT2D eigenvalue weighted by atomic mass is 9.72. The molecule has 19 heteroatoms. The van der Waals surface area contributed by atoms with Gasteiger partial charge in [-0.15, -0.1) is 0 Å². The smallest absolute Gasteiger partial charge is 0.315 e. The number of hydrogen-bond acceptors (Lipinski definition) is 16. The predicted molar refractivity (Wildman–Crippen MR) is 279 cm³/mol. The summed E-state index contributed by atoms with van der Waals surface area (Å²) >= 11 is 0. The minimum Gasteiger partial charge on any atom is -0.507 e. The number of carbonyl (C=O) groups excluding carboxylic acids is 7. The van der Waals surface area contributed by atoms with Crippen molar-refractivity contribution in [2.24, 2.45) is 51.4 Å². The number of esters is 1. The zero-order valence-corrected chi connectivity index (χ0v) is 45.2. The van der Waals surface area contributed by atoms with Crippen molar-refractivity contribution in [3.8, 4) is 17.2 Å². The number of likely N-dealkylation sites (tertiary alicyclic amines) is 1. The Labute approximate surface area is 438 Å². The first-order valence-electron chi connectivity index (χ1n) is 26.2. The molecule has 0 aromatic heterocycles. The topological polar surface area (TPSA) is 272 Å². The number of amides is 3. The number of nitrogens with zero attached hydrogens (tertiary/aromatic N) is 3. The van der Waals surface area contributed by atoms with Crippen LogP contribution in [0.5, 0.6) is 17.2 Å². The Morgan fingerprint density at radius 3 is 2.21 bits per heavy atom. The largest absolute Gasteiger partial charge is 0.507 e. The van der Waals surface area contributed by atoms with Crippen LogP contribution in [0.4, 0.5) is 10.5 Å². The Kier molecular flexibility index (Phi) is 18.5. The number of urea groups is 1. The third kappa shape index (κ3) is 12.6. The molecule has 2 aromatic carbocycles. The molecule has 5 bridgehead atoms. The molecule has 19 nitrogen and oxygen atoms in total. The van der Waals surface area contributed by atoms with E-state index in [1.165, 1.54) is 13.2 Å². The molecule has 0 radical (unpaired) electrons. The van der Waals surface area contributed by atoms with Crippen molar-refractivity contribution in [2.45, 2.75) is 144 Å². The Bertz CT molecular complexity index is 2770. The number of aldehydes is 2. The molecule has 6 N–H and O–H groups in total. The molecule has 1 saturated heterocycles. The summed E-state index contributed by atoms with van der Waals surface area (Å²) < 4.78 is 18.6. The van der Waals surface area contributed by atoms with Crippen LogP contribution in [-0.4, -0.2) is 118 Å². The number of ketones is 2. The van der Waals surface area contributed by atoms with Gasteiger partial charge in [-0.25, -0.2) is 4.79 Å². The fraction of sp³-hybridized carbons (Fsp3) is 0.589. The van der Waals surface area contributed by atoms with Crippen LogP contribution in [0.3, 0.4) is 0 Å². The molecular formula is C56H76N6O13. The molecule has 3 amide bonds. The number of aliphatic hydroxyl groups is 1. The first-order chi connectivity index (χ1) is 35.4. The van der Waals surface area contributed by atoms with E-state index in [0.717, 1.165) is 6.54 Å². The standard InChI is InChI=1S/C56H76N6O13/c1-29(2)26-62-23-20-56(21-24-62)60-44-41-42-48(68)37(10)51-43(41)52(70)55(11,75-51)73-25-19-30(3)33(6)34(7)35(8)47(67)36(9)50(31(4)14-12-15-32(5)53(71)59-46(49(42)69)45(44)61-56)74-40(66)18-17-39(65)16-13-22-57-54(72)58-38(27-63)28-64/h12,14-15,19,25,27-31,33-36,38,47,50,67-69H,13,16-18,20-24,26H2,1-11H3,(H,59,71)(H2,57,58,72)/b14-12+,25-19+,32-15-/t30-,31-,33+,34+,35-,36-,47-,50-,55-/m0/s1. The van der Waals surface area contributed by atoms with E-state index in [-0.39, 0.29) is 130 Å². The van der Waals surface area contributed by atoms with E-state index in [4.69, 9.17) is 24.2 Å². The van der Waals surface area contributed by atoms with E-state index in [1.54, 1.807) is 39.0 Å². The van der Waals surface area contributed by atoms with Gasteiger partial charge in [0.15, 0.2) is 11.4 Å². The van der Waals surface area contributed by atoms with Crippen LogP contribution in [0.2, 0.25) is 0 Å². The summed E-state index contributed by atoms with van der Waals surface area (Å²) in [5.74, 6) is -6.07. The van der Waals surface area contributed by atoms with Crippen LogP contribution >= 0.6 is 0 Å². The predicted octanol–water partition coefficient (Wildman–Crippen LogP) is 5.82. The van der Waals surface area contributed by atoms with E-state index in [0.29, 0.717) is 31.8 Å². The SMILES string of the molecule is C/C1=C/C=C/[C@H](C)[C@H](OC(=O)CCC(=O)CCCNC(=O)NC(C=O)C=O)[C@@H](C)[C@@H](O)[C@@H](C)[C@H](C)[C@H](C)[C@@H](C)/C=C/O[C@@]2(C)Oc3c(C)c(O)c4c(O)c(c5c(c4c3C2=O)=NC2(CCN(CC(C)C)CC2)N=5)NC1=O. The second-order valence-corrected chi connectivity index (χ2v) is 21.7. The van der Waals surface area contributed by atoms with Gasteiger partial charge >= 0.3 is 17.8 Å². The van der Waals surface area contributed by atoms with Gasteiger partial charge in [-0.1, -0.05) is 73.6 Å². The number of aromatic hydroxyl groups is 2. The number of phenols is 2. The molecule has 0 saturated carbocycles. The van der Waals surface area contributed by atoms with E-state index >= 15 is 0 Å². The molecule has 75 heavy (non-hydrogen) atoms. The highest BCUT2D eigenvalue weighted by molar-refractivity contribution is 6.19. The number of benzene rings is 2. The molecule has 0 unspecified atom stereocenters. The van der Waals surface area contributed by atoms with Gasteiger partial charge in [0.2, 0.25) is 0 Å². The van der Waals surface area contributed by atoms with Crippen LogP contribution in [0.1, 0.15) is 124 Å². The highest BCUT2D eigenvalue weighted by atomic mass is 16.7. The minimum atomic E-state index is -1.89. The van der Waals surface area contributed by atoms with E-state index < -0.39 is 71.0 Å². The maximum Gasteiger partial charge on any atom is 0.315 e. The summed E-state index contributed by atoms with van der Waals surface area (Å²) in [4.78, 5) is 102. The number of rotatable bonds is 13. The van der Waals surface area contributed by atoms with Crippen molar-refractivity contribution in [3.05, 3.63) is 58.0 Å². The van der Waals surface area contributed by atoms with Crippen LogP contribution in [-0.2, 0) is 33.4 Å². The lowest BCUT2D eigenvalue weighted by Crippen LogP contribution is -2.44. The van der Waals surface area contributed by atoms with Crippen molar-refractivity contribution < 1.29 is 63.1 Å². The average molecular weight is 1040 g/mol. The molecule has 5 aliphatic heterocycles. The number of fused-ring (bicyclic) bond motifs is 13. The van der Waals surface area contributed by atoms with Crippen LogP contribution < -0.4 is 31.4 Å². The molecule has 7 rings (SSSR count). The maximum atomic E-state index is 14.8. The Morgan fingerprint density at radius 1 is 0.893 bits per heavy atom. The third-order valence-corrected chi connectivity index (χ3v) is 15.7. The van der Waals surface area contributed by atoms with Crippen LogP contribution in [0, 0.1) is 48.3 Å². The summed E-state index contributed by atoms with van der Waals surface area (Å²) in [5.41, 5.74) is -0.611. The highest BCUT2D eigenvalue weighted by Gasteiger charge is 2.50. The Balaban J connectivity index is 1.34. The average Bonchev–Trinajstić information content (AvgIpc) is 3.88. The zero-order valence-electron chi connectivity index (χ0n) is 45.2. The number of hydrogen-bond donors (Lipinski definition) is 6. The first kappa shape index (κ1) is 57.8. The number of nitrogens with one attached hydrogen (secondary N) is 3. The van der Waals surface area contributed by atoms with Gasteiger partial charge in [0, 0.05) is 87.1 Å². The third-order valence-electron chi connectivity index (χ3n) is 15.7. The maximum absolute atomic E-state index is 14.8. The molecule has 408 valence electrons. The molecule has 5 heterocycles. The Morgan fingerprint density at radius 2 is 1.56 bits per heavy atom. The van der Waals surface area contributed by atoms with Crippen LogP contribution in [0.25, 0.3) is 10.8 Å². The van der Waals surface area contributed by atoms with E-state index in [2.05, 4.69) is 34.7 Å². The normalized spacial score (nSPS) is 28.5. The number of piperidine rings is 1. The summed E-state index contributed by atoms with van der Waals surface area (Å²) in [5, 5.41) is 44.1. The second-order valence-electron chi connectivity index (χ2n) is 21.7. The van der Waals surface area contributed by atoms with Crippen molar-refractivity contribution in [3.63, 3.8) is 0 Å². The molecule has 1 spiro atoms. The van der Waals surface area contributed by atoms with Gasteiger partial charge in [-0.3, -0.25) is 29.2 Å². The van der Waals surface area contributed by atoms with Gasteiger partial charge in [0.05, 0.1) is 35.1 Å². The van der Waals surface area contributed by atoms with Gasteiger partial charge in [0.1, 0.15) is 53.0 Å². The van der Waals surface area contributed by atoms with Crippen molar-refractivity contribution in [1.29, 1.82) is 0 Å². The molecule has 5 aliphatic rings. The van der Waals surface area contributed by atoms with Crippen LogP contribution in [0.15, 0.2) is 46.1 Å². The number of ether oxygens (including phenoxy) is 3. The van der Waals surface area contributed by atoms with E-state index in [1.807, 2.05) is 40.7 Å². The molecule has 9 atom stereocenters. The van der Waals surface area contributed by atoms with Crippen molar-refractivity contribution in [1.82, 2.24) is 15.5 Å². The molecule has 2 aromatic rings. The second kappa shape index (κ2) is 24.0. The van der Waals surface area contributed by atoms with E-state index in [9.17, 15) is 48.9 Å². The molecule has 0 aliphatic carbocycles. The van der Waals surface area contributed by atoms with Gasteiger partial charge < -0.3 is 60.0 Å². The summed E-state index contributed by atoms with van der Waals surface area (Å²) in [6, 6.07) is -2.02. The minimum absolute atomic E-state index is 0.0446. The number of aliphatic hydroxyl groups excluding tert-OH is 1. The number of phenolic OH excluding ortho intramolecular Hbond substituents is 2. The summed E-state index contributed by atoms with van der Waals surface area (Å²) in [7, 11) is 0. The summed E-state index contributed by atoms with van der Waals surface area (Å²) in [6.07, 6.45) is 7.88. The quantitative estimate of drug-likeness (QED) is 0.0454. The summed E-state index contributed by atoms with van der Waals surface area (Å²) in [6.45, 7) is 22.9. The van der Waals surface area contributed by atoms with Crippen molar-refractivity contribution >= 4 is 58.5 Å². The molecular weight excluding hydrogens is 965 g/mol. The lowest BCUT2D eigenvalue weighted by Gasteiger charge is -2.38. The zero-order chi connectivity index (χ0) is 55.3. The first-order valence-corrected chi connectivity index (χ1v) is 26.2. The lowest BCUT2D eigenvalue weighted by molar-refractivity contribution is -0.158. The number of Topliss-reactive ketones (excluding diaryl/α,β-unsaturated/α-hetero) is 2.